The number of nitrogens with one attached hydrogen (secondary N) is 1. The molecular weight excluding hydrogens is 342 g/mol. The summed E-state index contributed by atoms with van der Waals surface area (Å²) in [7, 11) is -3.66. The first-order chi connectivity index (χ1) is 11.9. The lowest BCUT2D eigenvalue weighted by molar-refractivity contribution is -0.126. The molecule has 1 fully saturated rings. The van der Waals surface area contributed by atoms with Gasteiger partial charge in [0.05, 0.1) is 11.9 Å². The van der Waals surface area contributed by atoms with Crippen molar-refractivity contribution < 1.29 is 13.2 Å². The molecule has 0 saturated carbocycles. The summed E-state index contributed by atoms with van der Waals surface area (Å²) in [5.41, 5.74) is 1.86. The predicted octanol–water partition coefficient (Wildman–Crippen LogP) is 0.404. The molecule has 2 heterocycles. The molecule has 0 spiro atoms. The molecule has 134 valence electrons. The molecule has 2 aromatic rings. The zero-order valence-corrected chi connectivity index (χ0v) is 14.5. The van der Waals surface area contributed by atoms with Crippen molar-refractivity contribution in [3.63, 3.8) is 0 Å². The molecule has 9 heteroatoms. The molecule has 1 aromatic heterocycles. The van der Waals surface area contributed by atoms with Crippen LogP contribution in [0.15, 0.2) is 42.7 Å². The van der Waals surface area contributed by atoms with Crippen LogP contribution in [0.25, 0.3) is 5.69 Å². The number of aromatic nitrogens is 2. The zero-order chi connectivity index (χ0) is 17.9. The minimum atomic E-state index is -3.66. The van der Waals surface area contributed by atoms with Crippen molar-refractivity contribution in [1.82, 2.24) is 19.4 Å². The number of nitrogens with two attached hydrogens (primary N) is 1. The third kappa shape index (κ3) is 4.44. The number of piperidine rings is 1. The van der Waals surface area contributed by atoms with Crippen LogP contribution in [-0.2, 0) is 21.5 Å². The van der Waals surface area contributed by atoms with Gasteiger partial charge in [-0.15, -0.1) is 0 Å². The Morgan fingerprint density at radius 3 is 2.56 bits per heavy atom. The van der Waals surface area contributed by atoms with E-state index in [0.29, 0.717) is 19.4 Å². The Morgan fingerprint density at radius 2 is 1.92 bits per heavy atom. The highest BCUT2D eigenvalue weighted by Crippen LogP contribution is 2.18. The zero-order valence-electron chi connectivity index (χ0n) is 13.7. The molecule has 3 N–H and O–H groups in total. The van der Waals surface area contributed by atoms with E-state index in [-0.39, 0.29) is 24.9 Å². The van der Waals surface area contributed by atoms with E-state index in [9.17, 15) is 13.2 Å². The molecule has 0 radical (unpaired) electrons. The molecule has 0 atom stereocenters. The second-order valence-corrected chi connectivity index (χ2v) is 7.61. The first-order valence-corrected chi connectivity index (χ1v) is 9.58. The third-order valence-corrected chi connectivity index (χ3v) is 5.39. The maximum absolute atomic E-state index is 12.3. The minimum Gasteiger partial charge on any atom is -0.352 e. The Labute approximate surface area is 146 Å². The van der Waals surface area contributed by atoms with Gasteiger partial charge in [-0.3, -0.25) is 4.79 Å². The van der Waals surface area contributed by atoms with Crippen molar-refractivity contribution in [2.45, 2.75) is 19.4 Å². The van der Waals surface area contributed by atoms with Gasteiger partial charge in [-0.2, -0.15) is 17.8 Å². The lowest BCUT2D eigenvalue weighted by Crippen LogP contribution is -2.45. The van der Waals surface area contributed by atoms with Crippen LogP contribution >= 0.6 is 0 Å². The van der Waals surface area contributed by atoms with Crippen molar-refractivity contribution in [3.05, 3.63) is 48.3 Å². The van der Waals surface area contributed by atoms with Gasteiger partial charge in [-0.05, 0) is 25.0 Å². The summed E-state index contributed by atoms with van der Waals surface area (Å²) in [5.74, 6) is -0.260. The lowest BCUT2D eigenvalue weighted by atomic mass is 9.97. The summed E-state index contributed by atoms with van der Waals surface area (Å²) in [6.07, 6.45) is 4.55. The smallest absolute Gasteiger partial charge is 0.276 e. The lowest BCUT2D eigenvalue weighted by Gasteiger charge is -2.28. The average Bonchev–Trinajstić information content (AvgIpc) is 3.09. The van der Waals surface area contributed by atoms with Crippen LogP contribution in [0.3, 0.4) is 0 Å². The number of para-hydroxylation sites is 1. The summed E-state index contributed by atoms with van der Waals surface area (Å²) in [4.78, 5) is 12.3. The fourth-order valence-corrected chi connectivity index (χ4v) is 3.60. The molecule has 1 aromatic carbocycles. The highest BCUT2D eigenvalue weighted by atomic mass is 32.2. The van der Waals surface area contributed by atoms with Gasteiger partial charge < -0.3 is 5.32 Å². The van der Waals surface area contributed by atoms with Gasteiger partial charge in [0.1, 0.15) is 0 Å². The van der Waals surface area contributed by atoms with Gasteiger partial charge >= 0.3 is 0 Å². The summed E-state index contributed by atoms with van der Waals surface area (Å²) in [6.45, 7) is 0.951. The molecule has 25 heavy (non-hydrogen) atoms. The summed E-state index contributed by atoms with van der Waals surface area (Å²) in [5, 5.41) is 12.3. The molecule has 3 rings (SSSR count). The molecule has 0 bridgehead atoms. The van der Waals surface area contributed by atoms with E-state index >= 15 is 0 Å². The second-order valence-electron chi connectivity index (χ2n) is 6.06. The number of hydrogen-bond donors (Lipinski definition) is 2. The van der Waals surface area contributed by atoms with Crippen molar-refractivity contribution in [2.24, 2.45) is 11.1 Å². The van der Waals surface area contributed by atoms with E-state index in [1.165, 1.54) is 4.31 Å². The van der Waals surface area contributed by atoms with E-state index < -0.39 is 10.2 Å². The number of carbonyl (C=O) groups is 1. The molecule has 1 aliphatic rings. The van der Waals surface area contributed by atoms with E-state index in [2.05, 4.69) is 10.4 Å². The molecule has 1 amide bonds. The topological polar surface area (TPSA) is 110 Å². The molecular formula is C16H21N5O3S. The summed E-state index contributed by atoms with van der Waals surface area (Å²) < 4.78 is 25.5. The maximum Gasteiger partial charge on any atom is 0.276 e. The monoisotopic (exact) mass is 363 g/mol. The van der Waals surface area contributed by atoms with Crippen LogP contribution in [-0.4, -0.2) is 41.5 Å². The maximum atomic E-state index is 12.3. The predicted molar refractivity (Wildman–Crippen MR) is 92.8 cm³/mol. The Morgan fingerprint density at radius 1 is 1.24 bits per heavy atom. The van der Waals surface area contributed by atoms with Gasteiger partial charge in [0.15, 0.2) is 0 Å². The Kier molecular flexibility index (Phi) is 5.16. The van der Waals surface area contributed by atoms with E-state index in [1.54, 1.807) is 10.9 Å². The first-order valence-electron chi connectivity index (χ1n) is 8.08. The highest BCUT2D eigenvalue weighted by molar-refractivity contribution is 7.86. The average molecular weight is 363 g/mol. The number of rotatable bonds is 5. The van der Waals surface area contributed by atoms with Gasteiger partial charge in [-0.25, -0.2) is 9.82 Å². The van der Waals surface area contributed by atoms with Gasteiger partial charge in [0.25, 0.3) is 10.2 Å². The van der Waals surface area contributed by atoms with Gasteiger partial charge in [-0.1, -0.05) is 18.2 Å². The Balaban J connectivity index is 1.51. The fraction of sp³-hybridized carbons (Fsp3) is 0.375. The van der Waals surface area contributed by atoms with Crippen molar-refractivity contribution in [3.8, 4) is 5.69 Å². The van der Waals surface area contributed by atoms with E-state index in [0.717, 1.165) is 11.3 Å². The van der Waals surface area contributed by atoms with Crippen LogP contribution < -0.4 is 10.5 Å². The highest BCUT2D eigenvalue weighted by Gasteiger charge is 2.29. The van der Waals surface area contributed by atoms with Gasteiger partial charge in [0.2, 0.25) is 5.91 Å². The largest absolute Gasteiger partial charge is 0.352 e. The van der Waals surface area contributed by atoms with Crippen molar-refractivity contribution in [1.29, 1.82) is 0 Å². The van der Waals surface area contributed by atoms with Crippen LogP contribution in [0, 0.1) is 5.92 Å². The molecule has 1 saturated heterocycles. The number of nitrogens with zero attached hydrogens (tertiary/aromatic N) is 3. The standard InChI is InChI=1S/C16H21N5O3S/c17-25(23,24)20-8-6-14(7-9-20)16(22)18-10-13-11-19-21(12-13)15-4-2-1-3-5-15/h1-5,11-12,14H,6-10H2,(H,18,22)(H2,17,23,24). The van der Waals surface area contributed by atoms with Crippen LogP contribution in [0.2, 0.25) is 0 Å². The van der Waals surface area contributed by atoms with Crippen molar-refractivity contribution in [2.75, 3.05) is 13.1 Å². The minimum absolute atomic E-state index is 0.0680. The number of amides is 1. The quantitative estimate of drug-likeness (QED) is 0.801. The summed E-state index contributed by atoms with van der Waals surface area (Å²) >= 11 is 0. The fourth-order valence-electron chi connectivity index (χ4n) is 2.88. The van der Waals surface area contributed by atoms with Gasteiger partial charge in [0, 0.05) is 37.3 Å². The van der Waals surface area contributed by atoms with Crippen LogP contribution in [0.1, 0.15) is 18.4 Å². The second kappa shape index (κ2) is 7.34. The van der Waals surface area contributed by atoms with Crippen molar-refractivity contribution >= 4 is 16.1 Å². The van der Waals surface area contributed by atoms with E-state index in [1.807, 2.05) is 36.5 Å². The Hall–Kier alpha value is -2.23. The Bertz CT molecular complexity index is 826. The third-order valence-electron chi connectivity index (χ3n) is 4.31. The normalized spacial score (nSPS) is 16.7. The SMILES string of the molecule is NS(=O)(=O)N1CCC(C(=O)NCc2cnn(-c3ccccc3)c2)CC1. The number of carbonyl (C=O) groups excluding carboxylic acids is 1. The molecule has 0 unspecified atom stereocenters. The number of benzene rings is 1. The molecule has 8 nitrogen and oxygen atoms in total. The molecule has 1 aliphatic heterocycles. The van der Waals surface area contributed by atoms with Crippen LogP contribution in [0.5, 0.6) is 0 Å². The number of hydrogen-bond acceptors (Lipinski definition) is 4. The molecule has 0 aliphatic carbocycles. The van der Waals surface area contributed by atoms with Crippen LogP contribution in [0.4, 0.5) is 0 Å². The van der Waals surface area contributed by atoms with E-state index in [4.69, 9.17) is 5.14 Å². The summed E-state index contributed by atoms with van der Waals surface area (Å²) in [6, 6.07) is 9.72. The first kappa shape index (κ1) is 17.6.